The molecule has 0 aromatic heterocycles. The summed E-state index contributed by atoms with van der Waals surface area (Å²) in [6.45, 7) is 10.2. The number of carbonyl (C=O) groups is 4. The van der Waals surface area contributed by atoms with Crippen LogP contribution in [0.1, 0.15) is 90.0 Å². The lowest BCUT2D eigenvalue weighted by molar-refractivity contribution is -0.138. The molecular weight excluding hydrogens is 508 g/mol. The first kappa shape index (κ1) is 31.0. The van der Waals surface area contributed by atoms with Crippen molar-refractivity contribution in [3.05, 3.63) is 70.8 Å². The van der Waals surface area contributed by atoms with Crippen molar-refractivity contribution >= 4 is 23.7 Å². The van der Waals surface area contributed by atoms with Gasteiger partial charge in [-0.1, -0.05) is 58.0 Å². The van der Waals surface area contributed by atoms with E-state index in [1.54, 1.807) is 24.3 Å². The second-order valence-corrected chi connectivity index (χ2v) is 11.7. The van der Waals surface area contributed by atoms with Crippen molar-refractivity contribution in [2.45, 2.75) is 59.9 Å². The molecule has 2 aromatic carbocycles. The van der Waals surface area contributed by atoms with Gasteiger partial charge in [-0.2, -0.15) is 0 Å². The summed E-state index contributed by atoms with van der Waals surface area (Å²) < 4.78 is 0. The first-order valence-corrected chi connectivity index (χ1v) is 14.2. The summed E-state index contributed by atoms with van der Waals surface area (Å²) in [7, 11) is 0. The number of carbonyl (C=O) groups excluding carboxylic acids is 3. The molecule has 0 bridgehead atoms. The normalized spacial score (nSPS) is 15.7. The van der Waals surface area contributed by atoms with E-state index in [9.17, 15) is 19.2 Å². The van der Waals surface area contributed by atoms with E-state index in [1.807, 2.05) is 43.0 Å². The highest BCUT2D eigenvalue weighted by molar-refractivity contribution is 6.21. The minimum atomic E-state index is -0.905. The molecule has 8 nitrogen and oxygen atoms in total. The molecular formula is C32H42N2O6. The van der Waals surface area contributed by atoms with E-state index in [-0.39, 0.29) is 43.2 Å². The summed E-state index contributed by atoms with van der Waals surface area (Å²) >= 11 is 0. The number of aliphatic carboxylic acids is 1. The van der Waals surface area contributed by atoms with Gasteiger partial charge in [0.25, 0.3) is 17.7 Å². The highest BCUT2D eigenvalue weighted by atomic mass is 16.4. The zero-order valence-corrected chi connectivity index (χ0v) is 24.0. The van der Waals surface area contributed by atoms with Crippen LogP contribution in [0.25, 0.3) is 0 Å². The molecule has 0 saturated heterocycles. The summed E-state index contributed by atoms with van der Waals surface area (Å²) in [5.41, 5.74) is 2.77. The molecule has 0 spiro atoms. The number of hydrogen-bond donors (Lipinski definition) is 2. The maximum Gasteiger partial charge on any atom is 0.303 e. The maximum absolute atomic E-state index is 12.3. The van der Waals surface area contributed by atoms with E-state index in [1.165, 1.54) is 4.90 Å². The molecule has 2 aromatic rings. The fourth-order valence-electron chi connectivity index (χ4n) is 5.71. The molecule has 3 amide bonds. The zero-order valence-electron chi connectivity index (χ0n) is 24.0. The third-order valence-electron chi connectivity index (χ3n) is 7.30. The van der Waals surface area contributed by atoms with Crippen LogP contribution >= 0.6 is 0 Å². The molecule has 0 aliphatic carbocycles. The molecule has 0 radical (unpaired) electrons. The van der Waals surface area contributed by atoms with Gasteiger partial charge in [0.05, 0.1) is 11.1 Å². The van der Waals surface area contributed by atoms with Crippen LogP contribution in [0, 0.1) is 23.7 Å². The van der Waals surface area contributed by atoms with Gasteiger partial charge in [-0.15, -0.1) is 0 Å². The lowest BCUT2D eigenvalue weighted by Gasteiger charge is -2.24. The Morgan fingerprint density at radius 3 is 1.80 bits per heavy atom. The minimum absolute atomic E-state index is 0.0361. The Bertz CT molecular complexity index is 1170. The van der Waals surface area contributed by atoms with Crippen molar-refractivity contribution in [3.63, 3.8) is 0 Å². The van der Waals surface area contributed by atoms with Crippen LogP contribution in [0.15, 0.2) is 48.5 Å². The summed E-state index contributed by atoms with van der Waals surface area (Å²) in [6.07, 6.45) is 2.46. The third-order valence-corrected chi connectivity index (χ3v) is 7.30. The SMILES string of the molecule is CC(C)C[C@@H](CC(=O)O)CN1C(=O)c2ccccc2C1=O.CC(C)C[C@@H](CCO)CN1Cc2ccccc2C1=O. The number of carboxylic acid groups (broad SMARTS) is 1. The number of nitrogens with zero attached hydrogens (tertiary/aromatic N) is 2. The van der Waals surface area contributed by atoms with Crippen molar-refractivity contribution in [2.75, 3.05) is 19.7 Å². The number of hydrogen-bond acceptors (Lipinski definition) is 5. The Labute approximate surface area is 237 Å². The van der Waals surface area contributed by atoms with Gasteiger partial charge in [-0.3, -0.25) is 24.1 Å². The number of carboxylic acids is 1. The molecule has 0 fully saturated rings. The number of amides is 3. The van der Waals surface area contributed by atoms with Crippen molar-refractivity contribution in [3.8, 4) is 0 Å². The number of rotatable bonds is 12. The average Bonchev–Trinajstić information content (AvgIpc) is 3.32. The molecule has 4 rings (SSSR count). The van der Waals surface area contributed by atoms with E-state index in [4.69, 9.17) is 10.2 Å². The van der Waals surface area contributed by atoms with Gasteiger partial charge < -0.3 is 15.1 Å². The quantitative estimate of drug-likeness (QED) is 0.355. The van der Waals surface area contributed by atoms with Crippen molar-refractivity contribution in [1.82, 2.24) is 9.80 Å². The second kappa shape index (κ2) is 14.2. The molecule has 2 atom stereocenters. The molecule has 2 aliphatic rings. The fourth-order valence-corrected chi connectivity index (χ4v) is 5.71. The third kappa shape index (κ3) is 8.01. The van der Waals surface area contributed by atoms with Crippen molar-refractivity contribution in [2.24, 2.45) is 23.7 Å². The van der Waals surface area contributed by atoms with Crippen LogP contribution in [0.2, 0.25) is 0 Å². The molecule has 40 heavy (non-hydrogen) atoms. The summed E-state index contributed by atoms with van der Waals surface area (Å²) in [5, 5.41) is 18.1. The van der Waals surface area contributed by atoms with Crippen LogP contribution in [0.4, 0.5) is 0 Å². The van der Waals surface area contributed by atoms with Crippen LogP contribution in [0.3, 0.4) is 0 Å². The predicted octanol–water partition coefficient (Wildman–Crippen LogP) is 5.11. The van der Waals surface area contributed by atoms with Gasteiger partial charge in [-0.25, -0.2) is 0 Å². The maximum atomic E-state index is 12.3. The van der Waals surface area contributed by atoms with Crippen molar-refractivity contribution < 1.29 is 29.4 Å². The lowest BCUT2D eigenvalue weighted by atomic mass is 9.93. The van der Waals surface area contributed by atoms with Gasteiger partial charge in [0, 0.05) is 38.2 Å². The van der Waals surface area contributed by atoms with Crippen LogP contribution in [-0.2, 0) is 11.3 Å². The molecule has 2 heterocycles. The zero-order chi connectivity index (χ0) is 29.4. The van der Waals surface area contributed by atoms with E-state index < -0.39 is 5.97 Å². The summed E-state index contributed by atoms with van der Waals surface area (Å²) in [5.74, 6) is -0.335. The number of fused-ring (bicyclic) bond motifs is 2. The van der Waals surface area contributed by atoms with E-state index in [0.29, 0.717) is 35.3 Å². The Hall–Kier alpha value is -3.52. The number of aliphatic hydroxyl groups excluding tert-OH is 1. The Balaban J connectivity index is 0.000000222. The summed E-state index contributed by atoms with van der Waals surface area (Å²) in [4.78, 5) is 50.9. The minimum Gasteiger partial charge on any atom is -0.481 e. The second-order valence-electron chi connectivity index (χ2n) is 11.7. The van der Waals surface area contributed by atoms with E-state index in [2.05, 4.69) is 13.8 Å². The molecule has 2 aliphatic heterocycles. The van der Waals surface area contributed by atoms with E-state index in [0.717, 1.165) is 37.1 Å². The van der Waals surface area contributed by atoms with Crippen molar-refractivity contribution in [1.29, 1.82) is 0 Å². The molecule has 0 saturated carbocycles. The average molecular weight is 551 g/mol. The highest BCUT2D eigenvalue weighted by Gasteiger charge is 2.36. The molecule has 2 N–H and O–H groups in total. The first-order valence-electron chi connectivity index (χ1n) is 14.2. The Kier molecular flexibility index (Phi) is 11.0. The van der Waals surface area contributed by atoms with Crippen LogP contribution in [0.5, 0.6) is 0 Å². The molecule has 0 unspecified atom stereocenters. The number of benzene rings is 2. The monoisotopic (exact) mass is 550 g/mol. The first-order chi connectivity index (χ1) is 19.0. The fraction of sp³-hybridized carbons (Fsp3) is 0.500. The largest absolute Gasteiger partial charge is 0.481 e. The Morgan fingerprint density at radius 2 is 1.30 bits per heavy atom. The van der Waals surface area contributed by atoms with Crippen LogP contribution in [-0.4, -0.2) is 63.4 Å². The standard InChI is InChI=1S/C16H19NO4.C16H23NO2/c1-10(2)7-11(8-14(18)19)9-17-15(20)12-5-3-4-6-13(12)16(17)21;1-12(2)9-13(7-8-18)10-17-11-14-5-3-4-6-15(14)16(17)19/h3-6,10-11H,7-9H2,1-2H3,(H,18,19);3-6,12-13,18H,7-11H2,1-2H3/t11-;13-/m01/s1. The van der Waals surface area contributed by atoms with Crippen LogP contribution < -0.4 is 0 Å². The van der Waals surface area contributed by atoms with Gasteiger partial charge in [0.2, 0.25) is 0 Å². The Morgan fingerprint density at radius 1 is 0.775 bits per heavy atom. The van der Waals surface area contributed by atoms with Gasteiger partial charge in [0.15, 0.2) is 0 Å². The molecule has 216 valence electrons. The van der Waals surface area contributed by atoms with Gasteiger partial charge in [0.1, 0.15) is 0 Å². The van der Waals surface area contributed by atoms with Gasteiger partial charge >= 0.3 is 5.97 Å². The predicted molar refractivity (Wildman–Crippen MR) is 153 cm³/mol. The van der Waals surface area contributed by atoms with Gasteiger partial charge in [-0.05, 0) is 66.7 Å². The topological polar surface area (TPSA) is 115 Å². The molecule has 8 heteroatoms. The summed E-state index contributed by atoms with van der Waals surface area (Å²) in [6, 6.07) is 14.5. The number of aliphatic hydroxyl groups is 1. The smallest absolute Gasteiger partial charge is 0.303 e. The highest BCUT2D eigenvalue weighted by Crippen LogP contribution is 2.27. The number of imide groups is 1. The van der Waals surface area contributed by atoms with E-state index >= 15 is 0 Å². The lowest BCUT2D eigenvalue weighted by Crippen LogP contribution is -2.35.